The number of aliphatic hydroxyl groups is 1. The second-order valence-corrected chi connectivity index (χ2v) is 5.27. The Morgan fingerprint density at radius 3 is 2.95 bits per heavy atom. The van der Waals surface area contributed by atoms with E-state index >= 15 is 0 Å². The molecule has 0 atom stereocenters. The minimum atomic E-state index is -0.192. The molecule has 1 N–H and O–H groups in total. The van der Waals surface area contributed by atoms with Crippen LogP contribution in [0.3, 0.4) is 0 Å². The number of likely N-dealkylation sites (tertiary alicyclic amines) is 1. The van der Waals surface area contributed by atoms with Gasteiger partial charge in [0, 0.05) is 25.8 Å². The second-order valence-electron chi connectivity index (χ2n) is 4.35. The molecule has 1 aromatic rings. The van der Waals surface area contributed by atoms with Crippen LogP contribution in [0.4, 0.5) is 0 Å². The maximum atomic E-state index is 12.4. The quantitative estimate of drug-likeness (QED) is 0.831. The first-order chi connectivity index (χ1) is 9.26. The zero-order chi connectivity index (χ0) is 13.7. The van der Waals surface area contributed by atoms with Crippen molar-refractivity contribution in [3.63, 3.8) is 0 Å². The van der Waals surface area contributed by atoms with E-state index < -0.39 is 0 Å². The normalized spacial score (nSPS) is 16.0. The van der Waals surface area contributed by atoms with Crippen molar-refractivity contribution in [3.8, 4) is 11.8 Å². The number of thiophene rings is 1. The molecule has 1 saturated heterocycles. The summed E-state index contributed by atoms with van der Waals surface area (Å²) in [7, 11) is 1.71. The van der Waals surface area contributed by atoms with E-state index in [2.05, 4.69) is 11.8 Å². The first kappa shape index (κ1) is 14.1. The lowest BCUT2D eigenvalue weighted by Crippen LogP contribution is -2.40. The average molecular weight is 279 g/mol. The maximum Gasteiger partial charge on any atom is 0.265 e. The minimum Gasteiger partial charge on any atom is -0.384 e. The lowest BCUT2D eigenvalue weighted by atomic mass is 10.1. The van der Waals surface area contributed by atoms with E-state index in [0.29, 0.717) is 10.4 Å². The van der Waals surface area contributed by atoms with E-state index in [4.69, 9.17) is 9.84 Å². The number of methoxy groups -OCH3 is 1. The van der Waals surface area contributed by atoms with Crippen LogP contribution in [0.2, 0.25) is 0 Å². The molecule has 1 amide bonds. The third-order valence-electron chi connectivity index (χ3n) is 3.22. The molecule has 0 spiro atoms. The Morgan fingerprint density at radius 2 is 2.32 bits per heavy atom. The van der Waals surface area contributed by atoms with Crippen molar-refractivity contribution in [2.75, 3.05) is 26.8 Å². The van der Waals surface area contributed by atoms with Gasteiger partial charge >= 0.3 is 0 Å². The van der Waals surface area contributed by atoms with Crippen LogP contribution in [-0.4, -0.2) is 48.8 Å². The summed E-state index contributed by atoms with van der Waals surface area (Å²) in [4.78, 5) is 14.9. The molecule has 0 radical (unpaired) electrons. The molecule has 1 fully saturated rings. The Labute approximate surface area is 117 Å². The topological polar surface area (TPSA) is 49.8 Å². The number of hydrogen-bond donors (Lipinski definition) is 1. The van der Waals surface area contributed by atoms with Gasteiger partial charge in [-0.15, -0.1) is 11.3 Å². The molecular formula is C14H17NO3S. The number of rotatable bonds is 2. The highest BCUT2D eigenvalue weighted by Crippen LogP contribution is 2.21. The van der Waals surface area contributed by atoms with Crippen LogP contribution in [0, 0.1) is 11.8 Å². The van der Waals surface area contributed by atoms with Gasteiger partial charge in [-0.1, -0.05) is 11.8 Å². The third kappa shape index (κ3) is 3.35. The van der Waals surface area contributed by atoms with E-state index in [9.17, 15) is 4.79 Å². The average Bonchev–Trinajstić information content (AvgIpc) is 2.92. The predicted molar refractivity (Wildman–Crippen MR) is 74.2 cm³/mol. The summed E-state index contributed by atoms with van der Waals surface area (Å²) in [6.07, 6.45) is 2.03. The van der Waals surface area contributed by atoms with Gasteiger partial charge in [0.2, 0.25) is 0 Å². The van der Waals surface area contributed by atoms with E-state index in [1.807, 2.05) is 16.3 Å². The molecule has 2 rings (SSSR count). The van der Waals surface area contributed by atoms with Crippen molar-refractivity contribution in [1.82, 2.24) is 4.90 Å². The summed E-state index contributed by atoms with van der Waals surface area (Å²) >= 11 is 1.40. The van der Waals surface area contributed by atoms with E-state index in [1.165, 1.54) is 11.3 Å². The van der Waals surface area contributed by atoms with Gasteiger partial charge in [-0.25, -0.2) is 0 Å². The van der Waals surface area contributed by atoms with Gasteiger partial charge < -0.3 is 14.7 Å². The van der Waals surface area contributed by atoms with Gasteiger partial charge in [-0.3, -0.25) is 4.79 Å². The highest BCUT2D eigenvalue weighted by atomic mass is 32.1. The van der Waals surface area contributed by atoms with Gasteiger partial charge in [0.05, 0.1) is 6.10 Å². The van der Waals surface area contributed by atoms with Gasteiger partial charge in [0.25, 0.3) is 5.91 Å². The molecule has 5 heteroatoms. The molecule has 1 aliphatic rings. The fourth-order valence-corrected chi connectivity index (χ4v) is 2.96. The molecule has 0 aliphatic carbocycles. The number of amides is 1. The smallest absolute Gasteiger partial charge is 0.265 e. The van der Waals surface area contributed by atoms with Crippen LogP contribution >= 0.6 is 11.3 Å². The Kier molecular flexibility index (Phi) is 4.97. The molecule has 19 heavy (non-hydrogen) atoms. The summed E-state index contributed by atoms with van der Waals surface area (Å²) in [5.41, 5.74) is 0.706. The second kappa shape index (κ2) is 6.71. The van der Waals surface area contributed by atoms with Crippen molar-refractivity contribution in [1.29, 1.82) is 0 Å². The Bertz CT molecular complexity index is 492. The van der Waals surface area contributed by atoms with Crippen LogP contribution in [0.25, 0.3) is 0 Å². The van der Waals surface area contributed by atoms with Gasteiger partial charge in [0.1, 0.15) is 11.5 Å². The van der Waals surface area contributed by atoms with Crippen LogP contribution < -0.4 is 0 Å². The predicted octanol–water partition coefficient (Wildman–Crippen LogP) is 1.34. The zero-order valence-corrected chi connectivity index (χ0v) is 11.7. The third-order valence-corrected chi connectivity index (χ3v) is 4.13. The largest absolute Gasteiger partial charge is 0.384 e. The number of aliphatic hydroxyl groups excluding tert-OH is 1. The van der Waals surface area contributed by atoms with Crippen LogP contribution in [0.15, 0.2) is 11.4 Å². The number of carbonyl (C=O) groups is 1. The first-order valence-electron chi connectivity index (χ1n) is 6.25. The highest BCUT2D eigenvalue weighted by molar-refractivity contribution is 7.12. The van der Waals surface area contributed by atoms with E-state index in [1.54, 1.807) is 7.11 Å². The summed E-state index contributed by atoms with van der Waals surface area (Å²) in [5, 5.41) is 10.6. The molecule has 102 valence electrons. The molecular weight excluding hydrogens is 262 g/mol. The molecule has 0 bridgehead atoms. The lowest BCUT2D eigenvalue weighted by molar-refractivity contribution is 0.0353. The van der Waals surface area contributed by atoms with Crippen LogP contribution in [0.1, 0.15) is 28.1 Å². The Balaban J connectivity index is 2.06. The number of carbonyl (C=O) groups excluding carboxylic acids is 1. The molecule has 1 aliphatic heterocycles. The van der Waals surface area contributed by atoms with Crippen LogP contribution in [-0.2, 0) is 4.74 Å². The number of hydrogen-bond acceptors (Lipinski definition) is 4. The minimum absolute atomic E-state index is 0.0341. The molecule has 1 aromatic heterocycles. The number of ether oxygens (including phenoxy) is 1. The summed E-state index contributed by atoms with van der Waals surface area (Å²) in [6, 6.07) is 1.82. The Morgan fingerprint density at radius 1 is 1.58 bits per heavy atom. The van der Waals surface area contributed by atoms with Crippen molar-refractivity contribution < 1.29 is 14.6 Å². The fourth-order valence-electron chi connectivity index (χ4n) is 2.15. The SMILES string of the molecule is COC1CCN(C(=O)c2sccc2C#CCO)CC1. The zero-order valence-electron chi connectivity index (χ0n) is 10.9. The van der Waals surface area contributed by atoms with Gasteiger partial charge in [0.15, 0.2) is 0 Å². The molecule has 4 nitrogen and oxygen atoms in total. The summed E-state index contributed by atoms with van der Waals surface area (Å²) in [6.45, 7) is 1.26. The van der Waals surface area contributed by atoms with Crippen molar-refractivity contribution in [3.05, 3.63) is 21.9 Å². The number of piperidine rings is 1. The number of nitrogens with zero attached hydrogens (tertiary/aromatic N) is 1. The van der Waals surface area contributed by atoms with Crippen molar-refractivity contribution in [2.45, 2.75) is 18.9 Å². The Hall–Kier alpha value is -1.35. The molecule has 2 heterocycles. The summed E-state index contributed by atoms with van der Waals surface area (Å²) < 4.78 is 5.30. The highest BCUT2D eigenvalue weighted by Gasteiger charge is 2.25. The maximum absolute atomic E-state index is 12.4. The van der Waals surface area contributed by atoms with Crippen molar-refractivity contribution in [2.24, 2.45) is 0 Å². The van der Waals surface area contributed by atoms with Gasteiger partial charge in [-0.05, 0) is 24.3 Å². The first-order valence-corrected chi connectivity index (χ1v) is 7.13. The van der Waals surface area contributed by atoms with E-state index in [0.717, 1.165) is 25.9 Å². The van der Waals surface area contributed by atoms with Crippen LogP contribution in [0.5, 0.6) is 0 Å². The van der Waals surface area contributed by atoms with Gasteiger partial charge in [-0.2, -0.15) is 0 Å². The molecule has 0 aromatic carbocycles. The molecule has 0 unspecified atom stereocenters. The van der Waals surface area contributed by atoms with Crippen molar-refractivity contribution >= 4 is 17.2 Å². The lowest BCUT2D eigenvalue weighted by Gasteiger charge is -2.31. The summed E-state index contributed by atoms with van der Waals surface area (Å²) in [5.74, 6) is 5.44. The standard InChI is InChI=1S/C14H17NO3S/c1-18-12-4-7-15(8-5-12)14(17)13-11(3-2-9-16)6-10-19-13/h6,10,12,16H,4-5,7-9H2,1H3. The fraction of sp³-hybridized carbons (Fsp3) is 0.500. The van der Waals surface area contributed by atoms with E-state index in [-0.39, 0.29) is 18.6 Å². The molecule has 0 saturated carbocycles. The monoisotopic (exact) mass is 279 g/mol.